The molecule has 1 aliphatic rings. The van der Waals surface area contributed by atoms with Crippen LogP contribution in [0.4, 0.5) is 0 Å². The van der Waals surface area contributed by atoms with Gasteiger partial charge in [0.2, 0.25) is 0 Å². The van der Waals surface area contributed by atoms with E-state index in [0.717, 1.165) is 31.6 Å². The van der Waals surface area contributed by atoms with Crippen molar-refractivity contribution >= 4 is 5.97 Å². The topological polar surface area (TPSA) is 52.3 Å². The third-order valence-corrected chi connectivity index (χ3v) is 3.55. The highest BCUT2D eigenvalue weighted by Gasteiger charge is 2.31. The Morgan fingerprint density at radius 2 is 1.75 bits per heavy atom. The standard InChI is InChI=1S/C13H25NO2/c1-9(14)12(15)16-11-7-5-10(6-8-11)13(2,3)4/h9-11H,5-8,14H2,1-4H3/t9-,10-,11-/m0/s1. The second-order valence-corrected chi connectivity index (χ2v) is 6.07. The lowest BCUT2D eigenvalue weighted by Crippen LogP contribution is -2.35. The third-order valence-electron chi connectivity index (χ3n) is 3.55. The zero-order valence-corrected chi connectivity index (χ0v) is 11.0. The molecule has 94 valence electrons. The molecule has 3 nitrogen and oxygen atoms in total. The van der Waals surface area contributed by atoms with Crippen LogP contribution < -0.4 is 5.73 Å². The minimum atomic E-state index is -0.500. The van der Waals surface area contributed by atoms with Crippen LogP contribution in [0, 0.1) is 11.3 Å². The summed E-state index contributed by atoms with van der Waals surface area (Å²) in [6, 6.07) is -0.500. The van der Waals surface area contributed by atoms with E-state index in [0.29, 0.717) is 5.41 Å². The molecule has 0 amide bonds. The van der Waals surface area contributed by atoms with E-state index < -0.39 is 6.04 Å². The van der Waals surface area contributed by atoms with E-state index in [4.69, 9.17) is 10.5 Å². The molecule has 16 heavy (non-hydrogen) atoms. The van der Waals surface area contributed by atoms with Crippen LogP contribution in [0.3, 0.4) is 0 Å². The van der Waals surface area contributed by atoms with Gasteiger partial charge in [-0.3, -0.25) is 4.79 Å². The van der Waals surface area contributed by atoms with Gasteiger partial charge in [0.1, 0.15) is 12.1 Å². The SMILES string of the molecule is C[C@H](N)C(=O)O[C@H]1CC[C@H](C(C)(C)C)CC1. The first-order valence-corrected chi connectivity index (χ1v) is 6.26. The average Bonchev–Trinajstić information content (AvgIpc) is 2.17. The summed E-state index contributed by atoms with van der Waals surface area (Å²) in [6.45, 7) is 8.52. The molecule has 0 saturated heterocycles. The fourth-order valence-corrected chi connectivity index (χ4v) is 2.32. The first-order valence-electron chi connectivity index (χ1n) is 6.26. The summed E-state index contributed by atoms with van der Waals surface area (Å²) in [5.74, 6) is 0.483. The van der Waals surface area contributed by atoms with Crippen LogP contribution in [-0.4, -0.2) is 18.1 Å². The van der Waals surface area contributed by atoms with Crippen molar-refractivity contribution in [3.63, 3.8) is 0 Å². The molecule has 0 aromatic carbocycles. The number of rotatable bonds is 2. The van der Waals surface area contributed by atoms with E-state index in [1.807, 2.05) is 0 Å². The van der Waals surface area contributed by atoms with Crippen molar-refractivity contribution in [2.24, 2.45) is 17.1 Å². The Labute approximate surface area is 98.7 Å². The van der Waals surface area contributed by atoms with E-state index in [9.17, 15) is 4.79 Å². The molecular formula is C13H25NO2. The largest absolute Gasteiger partial charge is 0.461 e. The summed E-state index contributed by atoms with van der Waals surface area (Å²) in [6.07, 6.45) is 4.37. The summed E-state index contributed by atoms with van der Waals surface area (Å²) in [4.78, 5) is 11.3. The minimum Gasteiger partial charge on any atom is -0.461 e. The summed E-state index contributed by atoms with van der Waals surface area (Å²) >= 11 is 0. The lowest BCUT2D eigenvalue weighted by Gasteiger charge is -2.36. The van der Waals surface area contributed by atoms with Crippen molar-refractivity contribution in [2.75, 3.05) is 0 Å². The van der Waals surface area contributed by atoms with E-state index in [2.05, 4.69) is 20.8 Å². The van der Waals surface area contributed by atoms with Crippen LogP contribution in [0.1, 0.15) is 53.4 Å². The molecule has 0 spiro atoms. The number of esters is 1. The molecule has 0 bridgehead atoms. The van der Waals surface area contributed by atoms with Gasteiger partial charge in [-0.1, -0.05) is 20.8 Å². The monoisotopic (exact) mass is 227 g/mol. The minimum absolute atomic E-state index is 0.0945. The smallest absolute Gasteiger partial charge is 0.322 e. The lowest BCUT2D eigenvalue weighted by atomic mass is 9.72. The molecule has 1 fully saturated rings. The normalized spacial score (nSPS) is 28.6. The van der Waals surface area contributed by atoms with Crippen molar-refractivity contribution < 1.29 is 9.53 Å². The Morgan fingerprint density at radius 1 is 1.25 bits per heavy atom. The van der Waals surface area contributed by atoms with Crippen LogP contribution in [0.15, 0.2) is 0 Å². The van der Waals surface area contributed by atoms with Gasteiger partial charge in [0.05, 0.1) is 0 Å². The van der Waals surface area contributed by atoms with Crippen molar-refractivity contribution in [2.45, 2.75) is 65.5 Å². The number of carbonyl (C=O) groups excluding carboxylic acids is 1. The van der Waals surface area contributed by atoms with Gasteiger partial charge in [-0.25, -0.2) is 0 Å². The molecule has 0 radical (unpaired) electrons. The molecule has 1 rings (SSSR count). The maximum atomic E-state index is 11.3. The Balaban J connectivity index is 2.35. The van der Waals surface area contributed by atoms with Crippen LogP contribution in [0.25, 0.3) is 0 Å². The second kappa shape index (κ2) is 5.17. The highest BCUT2D eigenvalue weighted by atomic mass is 16.5. The molecule has 0 aromatic rings. The lowest BCUT2D eigenvalue weighted by molar-refractivity contribution is -0.152. The van der Waals surface area contributed by atoms with Gasteiger partial charge in [0.15, 0.2) is 0 Å². The number of carbonyl (C=O) groups is 1. The first kappa shape index (κ1) is 13.5. The molecular weight excluding hydrogens is 202 g/mol. The van der Waals surface area contributed by atoms with Gasteiger partial charge in [-0.15, -0.1) is 0 Å². The van der Waals surface area contributed by atoms with Gasteiger partial charge in [0.25, 0.3) is 0 Å². The van der Waals surface area contributed by atoms with Gasteiger partial charge in [0, 0.05) is 0 Å². The molecule has 3 heteroatoms. The summed E-state index contributed by atoms with van der Waals surface area (Å²) < 4.78 is 5.35. The summed E-state index contributed by atoms with van der Waals surface area (Å²) in [5.41, 5.74) is 5.85. The fraction of sp³-hybridized carbons (Fsp3) is 0.923. The Bertz CT molecular complexity index is 235. The van der Waals surface area contributed by atoms with E-state index in [1.165, 1.54) is 0 Å². The van der Waals surface area contributed by atoms with Crippen molar-refractivity contribution in [3.05, 3.63) is 0 Å². The Morgan fingerprint density at radius 3 is 2.12 bits per heavy atom. The highest BCUT2D eigenvalue weighted by Crippen LogP contribution is 2.38. The molecule has 0 unspecified atom stereocenters. The number of nitrogens with two attached hydrogens (primary N) is 1. The van der Waals surface area contributed by atoms with Gasteiger partial charge >= 0.3 is 5.97 Å². The van der Waals surface area contributed by atoms with Gasteiger partial charge in [-0.2, -0.15) is 0 Å². The van der Waals surface area contributed by atoms with Crippen LogP contribution in [-0.2, 0) is 9.53 Å². The van der Waals surface area contributed by atoms with Crippen molar-refractivity contribution in [1.29, 1.82) is 0 Å². The quantitative estimate of drug-likeness (QED) is 0.737. The first-order chi connectivity index (χ1) is 7.30. The maximum Gasteiger partial charge on any atom is 0.322 e. The average molecular weight is 227 g/mol. The van der Waals surface area contributed by atoms with Crippen LogP contribution >= 0.6 is 0 Å². The highest BCUT2D eigenvalue weighted by molar-refractivity contribution is 5.75. The van der Waals surface area contributed by atoms with Gasteiger partial charge in [-0.05, 0) is 43.9 Å². The zero-order valence-electron chi connectivity index (χ0n) is 11.0. The number of ether oxygens (including phenoxy) is 1. The van der Waals surface area contributed by atoms with Gasteiger partial charge < -0.3 is 10.5 Å². The van der Waals surface area contributed by atoms with Crippen LogP contribution in [0.5, 0.6) is 0 Å². The summed E-state index contributed by atoms with van der Waals surface area (Å²) in [5, 5.41) is 0. The van der Waals surface area contributed by atoms with Crippen LogP contribution in [0.2, 0.25) is 0 Å². The number of hydrogen-bond donors (Lipinski definition) is 1. The molecule has 2 N–H and O–H groups in total. The molecule has 0 aromatic heterocycles. The van der Waals surface area contributed by atoms with E-state index in [-0.39, 0.29) is 12.1 Å². The number of hydrogen-bond acceptors (Lipinski definition) is 3. The Hall–Kier alpha value is -0.570. The van der Waals surface area contributed by atoms with E-state index in [1.54, 1.807) is 6.92 Å². The Kier molecular flexibility index (Phi) is 4.36. The molecule has 1 saturated carbocycles. The van der Waals surface area contributed by atoms with E-state index >= 15 is 0 Å². The second-order valence-electron chi connectivity index (χ2n) is 6.07. The molecule has 0 aliphatic heterocycles. The molecule has 0 heterocycles. The van der Waals surface area contributed by atoms with Crippen molar-refractivity contribution in [3.8, 4) is 0 Å². The molecule has 1 atom stereocenters. The third kappa shape index (κ3) is 3.78. The maximum absolute atomic E-state index is 11.3. The predicted octanol–water partition coefficient (Wildman–Crippen LogP) is 2.48. The summed E-state index contributed by atoms with van der Waals surface area (Å²) in [7, 11) is 0. The van der Waals surface area contributed by atoms with Crippen molar-refractivity contribution in [1.82, 2.24) is 0 Å². The molecule has 1 aliphatic carbocycles. The fourth-order valence-electron chi connectivity index (χ4n) is 2.32. The zero-order chi connectivity index (χ0) is 12.3. The predicted molar refractivity (Wildman–Crippen MR) is 64.9 cm³/mol.